The summed E-state index contributed by atoms with van der Waals surface area (Å²) in [6.45, 7) is 0. The molecule has 3 rings (SSSR count). The van der Waals surface area contributed by atoms with Gasteiger partial charge in [0.05, 0.1) is 18.4 Å². The molecule has 0 saturated carbocycles. The molecule has 0 amide bonds. The zero-order valence-corrected chi connectivity index (χ0v) is 10.8. The zero-order valence-electron chi connectivity index (χ0n) is 10.8. The third-order valence-electron chi connectivity index (χ3n) is 3.15. The van der Waals surface area contributed by atoms with E-state index in [1.54, 1.807) is 12.1 Å². The van der Waals surface area contributed by atoms with Crippen LogP contribution in [0, 0.1) is 0 Å². The molecule has 0 bridgehead atoms. The van der Waals surface area contributed by atoms with Gasteiger partial charge in [0, 0.05) is 11.6 Å². The van der Waals surface area contributed by atoms with Gasteiger partial charge in [-0.25, -0.2) is 4.98 Å². The lowest BCUT2D eigenvalue weighted by Crippen LogP contribution is -2.19. The molecule has 1 aliphatic rings. The molecule has 1 aromatic heterocycles. The molecule has 0 fully saturated rings. The Hall–Kier alpha value is -2.75. The summed E-state index contributed by atoms with van der Waals surface area (Å²) in [7, 11) is 1.37. The minimum absolute atomic E-state index is 0.0526. The Balaban J connectivity index is 2.12. The van der Waals surface area contributed by atoms with Crippen molar-refractivity contribution in [3.8, 4) is 11.3 Å². The maximum Gasteiger partial charge on any atom is 0.229 e. The molecule has 4 heteroatoms. The number of aromatic nitrogens is 1. The molecule has 0 radical (unpaired) electrons. The van der Waals surface area contributed by atoms with E-state index in [0.717, 1.165) is 5.56 Å². The summed E-state index contributed by atoms with van der Waals surface area (Å²) >= 11 is 0. The van der Waals surface area contributed by atoms with Gasteiger partial charge in [-0.05, 0) is 12.1 Å². The summed E-state index contributed by atoms with van der Waals surface area (Å²) < 4.78 is 4.91. The molecule has 4 nitrogen and oxygen atoms in total. The molecular formula is C16H11NO3. The van der Waals surface area contributed by atoms with Crippen molar-refractivity contribution in [2.24, 2.45) is 0 Å². The van der Waals surface area contributed by atoms with Crippen LogP contribution in [0.1, 0.15) is 20.8 Å². The van der Waals surface area contributed by atoms with Crippen molar-refractivity contribution in [3.63, 3.8) is 0 Å². The fourth-order valence-corrected chi connectivity index (χ4v) is 2.14. The van der Waals surface area contributed by atoms with Crippen LogP contribution in [0.3, 0.4) is 0 Å². The van der Waals surface area contributed by atoms with Crippen molar-refractivity contribution in [3.05, 3.63) is 65.6 Å². The minimum atomic E-state index is -0.311. The number of fused-ring (bicyclic) bond motifs is 1. The SMILES string of the molecule is COC1=CC(=O)c2nc(-c3ccccc3)ccc2C1=O. The normalized spacial score (nSPS) is 13.8. The van der Waals surface area contributed by atoms with Gasteiger partial charge in [0.15, 0.2) is 5.76 Å². The van der Waals surface area contributed by atoms with Crippen LogP contribution >= 0.6 is 0 Å². The molecule has 2 aromatic rings. The average molecular weight is 265 g/mol. The highest BCUT2D eigenvalue weighted by molar-refractivity contribution is 6.23. The van der Waals surface area contributed by atoms with Crippen LogP contribution < -0.4 is 0 Å². The number of methoxy groups -OCH3 is 1. The molecule has 0 spiro atoms. The Morgan fingerprint density at radius 2 is 1.75 bits per heavy atom. The minimum Gasteiger partial charge on any atom is -0.492 e. The van der Waals surface area contributed by atoms with Gasteiger partial charge in [0.1, 0.15) is 5.69 Å². The summed E-state index contributed by atoms with van der Waals surface area (Å²) in [6.07, 6.45) is 1.19. The molecule has 1 aromatic carbocycles. The Kier molecular flexibility index (Phi) is 2.91. The number of carbonyl (C=O) groups is 2. The van der Waals surface area contributed by atoms with E-state index in [9.17, 15) is 9.59 Å². The van der Waals surface area contributed by atoms with E-state index >= 15 is 0 Å². The highest BCUT2D eigenvalue weighted by Crippen LogP contribution is 2.24. The summed E-state index contributed by atoms with van der Waals surface area (Å²) in [5.74, 6) is -0.569. The van der Waals surface area contributed by atoms with Gasteiger partial charge in [-0.1, -0.05) is 30.3 Å². The molecule has 98 valence electrons. The lowest BCUT2D eigenvalue weighted by molar-refractivity contribution is 0.0914. The number of nitrogens with zero attached hydrogens (tertiary/aromatic N) is 1. The van der Waals surface area contributed by atoms with Gasteiger partial charge in [-0.2, -0.15) is 0 Å². The maximum absolute atomic E-state index is 12.1. The third kappa shape index (κ3) is 1.91. The van der Waals surface area contributed by atoms with Gasteiger partial charge in [-0.3, -0.25) is 9.59 Å². The number of Topliss-reactive ketones (excluding diaryl/α,β-unsaturated/α-hetero) is 1. The molecule has 0 saturated heterocycles. The number of benzene rings is 1. The molecular weight excluding hydrogens is 254 g/mol. The second kappa shape index (κ2) is 4.74. The van der Waals surface area contributed by atoms with E-state index in [2.05, 4.69) is 4.98 Å². The molecule has 0 atom stereocenters. The Morgan fingerprint density at radius 3 is 2.45 bits per heavy atom. The standard InChI is InChI=1S/C16H11NO3/c1-20-14-9-13(18)15-11(16(14)19)7-8-12(17-15)10-5-3-2-4-6-10/h2-9H,1H3. The summed E-state index contributed by atoms with van der Waals surface area (Å²) in [6, 6.07) is 12.9. The van der Waals surface area contributed by atoms with E-state index in [1.165, 1.54) is 13.2 Å². The molecule has 0 aliphatic heterocycles. The fraction of sp³-hybridized carbons (Fsp3) is 0.0625. The lowest BCUT2D eigenvalue weighted by Gasteiger charge is -2.14. The molecule has 0 unspecified atom stereocenters. The number of carbonyl (C=O) groups excluding carboxylic acids is 2. The van der Waals surface area contributed by atoms with Crippen LogP contribution in [0.2, 0.25) is 0 Å². The van der Waals surface area contributed by atoms with E-state index in [0.29, 0.717) is 5.69 Å². The Morgan fingerprint density at radius 1 is 1.00 bits per heavy atom. The first-order chi connectivity index (χ1) is 9.70. The van der Waals surface area contributed by atoms with Crippen molar-refractivity contribution in [1.29, 1.82) is 0 Å². The van der Waals surface area contributed by atoms with Crippen LogP contribution in [0.5, 0.6) is 0 Å². The Labute approximate surface area is 115 Å². The maximum atomic E-state index is 12.1. The number of hydrogen-bond acceptors (Lipinski definition) is 4. The van der Waals surface area contributed by atoms with Crippen LogP contribution in [0.4, 0.5) is 0 Å². The Bertz CT molecular complexity index is 733. The first-order valence-corrected chi connectivity index (χ1v) is 6.12. The zero-order chi connectivity index (χ0) is 14.1. The smallest absolute Gasteiger partial charge is 0.229 e. The van der Waals surface area contributed by atoms with Gasteiger partial charge in [0.2, 0.25) is 11.6 Å². The van der Waals surface area contributed by atoms with Crippen LogP contribution in [-0.2, 0) is 4.74 Å². The monoisotopic (exact) mass is 265 g/mol. The van der Waals surface area contributed by atoms with Gasteiger partial charge in [-0.15, -0.1) is 0 Å². The quantitative estimate of drug-likeness (QED) is 0.837. The molecule has 20 heavy (non-hydrogen) atoms. The second-order valence-electron chi connectivity index (χ2n) is 4.36. The lowest BCUT2D eigenvalue weighted by atomic mass is 9.97. The van der Waals surface area contributed by atoms with E-state index in [4.69, 9.17) is 4.74 Å². The van der Waals surface area contributed by atoms with Crippen LogP contribution in [-0.4, -0.2) is 23.7 Å². The number of ether oxygens (including phenoxy) is 1. The molecule has 0 N–H and O–H groups in total. The van der Waals surface area contributed by atoms with Gasteiger partial charge >= 0.3 is 0 Å². The largest absolute Gasteiger partial charge is 0.492 e. The third-order valence-corrected chi connectivity index (χ3v) is 3.15. The predicted octanol–water partition coefficient (Wildman–Crippen LogP) is 2.66. The highest BCUT2D eigenvalue weighted by Gasteiger charge is 2.27. The number of rotatable bonds is 2. The molecule has 1 heterocycles. The van der Waals surface area contributed by atoms with E-state index < -0.39 is 0 Å². The number of pyridine rings is 1. The highest BCUT2D eigenvalue weighted by atomic mass is 16.5. The van der Waals surface area contributed by atoms with E-state index in [-0.39, 0.29) is 28.6 Å². The van der Waals surface area contributed by atoms with Crippen molar-refractivity contribution in [2.45, 2.75) is 0 Å². The number of ketones is 2. The topological polar surface area (TPSA) is 56.3 Å². The van der Waals surface area contributed by atoms with Crippen molar-refractivity contribution >= 4 is 11.6 Å². The van der Waals surface area contributed by atoms with E-state index in [1.807, 2.05) is 30.3 Å². The average Bonchev–Trinajstić information content (AvgIpc) is 2.51. The van der Waals surface area contributed by atoms with Crippen LogP contribution in [0.25, 0.3) is 11.3 Å². The van der Waals surface area contributed by atoms with Crippen molar-refractivity contribution in [2.75, 3.05) is 7.11 Å². The second-order valence-corrected chi connectivity index (χ2v) is 4.36. The van der Waals surface area contributed by atoms with Crippen molar-refractivity contribution < 1.29 is 14.3 Å². The predicted molar refractivity (Wildman–Crippen MR) is 73.4 cm³/mol. The summed E-state index contributed by atoms with van der Waals surface area (Å²) in [5, 5.41) is 0. The first-order valence-electron chi connectivity index (χ1n) is 6.12. The number of allylic oxidation sites excluding steroid dienone is 2. The summed E-state index contributed by atoms with van der Waals surface area (Å²) in [5.41, 5.74) is 2.03. The van der Waals surface area contributed by atoms with Gasteiger partial charge < -0.3 is 4.74 Å². The van der Waals surface area contributed by atoms with Gasteiger partial charge in [0.25, 0.3) is 0 Å². The molecule has 1 aliphatic carbocycles. The van der Waals surface area contributed by atoms with Crippen LogP contribution in [0.15, 0.2) is 54.3 Å². The summed E-state index contributed by atoms with van der Waals surface area (Å²) in [4.78, 5) is 28.4. The van der Waals surface area contributed by atoms with Crippen molar-refractivity contribution in [1.82, 2.24) is 4.98 Å². The fourth-order valence-electron chi connectivity index (χ4n) is 2.14. The first kappa shape index (κ1) is 12.3. The number of hydrogen-bond donors (Lipinski definition) is 0.